The highest BCUT2D eigenvalue weighted by Crippen LogP contribution is 2.36. The molecule has 0 spiro atoms. The molecule has 0 radical (unpaired) electrons. The second kappa shape index (κ2) is 5.11. The lowest BCUT2D eigenvalue weighted by molar-refractivity contribution is -0.145. The van der Waals surface area contributed by atoms with Gasteiger partial charge < -0.3 is 20.4 Å². The van der Waals surface area contributed by atoms with Gasteiger partial charge in [0, 0.05) is 6.42 Å². The Hall–Kier alpha value is -1.99. The smallest absolute Gasteiger partial charge is 0.325 e. The largest absolute Gasteiger partial charge is 0.504 e. The Morgan fingerprint density at radius 2 is 1.83 bits per heavy atom. The first-order chi connectivity index (χ1) is 8.36. The van der Waals surface area contributed by atoms with E-state index in [1.54, 1.807) is 6.92 Å². The van der Waals surface area contributed by atoms with E-state index in [1.807, 2.05) is 0 Å². The molecule has 0 amide bonds. The minimum absolute atomic E-state index is 0.0449. The van der Waals surface area contributed by atoms with Gasteiger partial charge in [0.05, 0.1) is 0 Å². The maximum Gasteiger partial charge on any atom is 0.325 e. The Kier molecular flexibility index (Phi) is 4.00. The molecule has 0 aliphatic carbocycles. The Bertz CT molecular complexity index is 434. The van der Waals surface area contributed by atoms with Crippen LogP contribution in [0, 0.1) is 0 Å². The van der Waals surface area contributed by atoms with Gasteiger partial charge in [-0.3, -0.25) is 10.6 Å². The Balaban J connectivity index is 3.13. The van der Waals surface area contributed by atoms with Crippen molar-refractivity contribution in [3.63, 3.8) is 0 Å². The molecule has 1 aromatic carbocycles. The van der Waals surface area contributed by atoms with Crippen molar-refractivity contribution in [1.29, 1.82) is 0 Å². The van der Waals surface area contributed by atoms with Crippen LogP contribution in [0.2, 0.25) is 0 Å². The summed E-state index contributed by atoms with van der Waals surface area (Å²) < 4.78 is 0. The summed E-state index contributed by atoms with van der Waals surface area (Å²) in [6.07, 6.45) is 0.165. The van der Waals surface area contributed by atoms with Crippen molar-refractivity contribution in [3.05, 3.63) is 17.7 Å². The van der Waals surface area contributed by atoms with Crippen LogP contribution in [-0.2, 0) is 11.2 Å². The number of aromatic hydroxyl groups is 3. The lowest BCUT2D eigenvalue weighted by atomic mass is 9.88. The predicted molar refractivity (Wildman–Crippen MR) is 63.1 cm³/mol. The Morgan fingerprint density at radius 1 is 1.33 bits per heavy atom. The molecule has 0 aromatic heterocycles. The quantitative estimate of drug-likeness (QED) is 0.248. The van der Waals surface area contributed by atoms with Crippen LogP contribution < -0.4 is 11.3 Å². The average Bonchev–Trinajstić information content (AvgIpc) is 2.32. The third-order valence-corrected chi connectivity index (χ3v) is 2.92. The molecule has 1 unspecified atom stereocenters. The van der Waals surface area contributed by atoms with Crippen LogP contribution >= 0.6 is 0 Å². The second-order valence-corrected chi connectivity index (χ2v) is 4.04. The van der Waals surface area contributed by atoms with Crippen LogP contribution in [0.4, 0.5) is 0 Å². The number of nitrogens with one attached hydrogen (secondary N) is 1. The maximum absolute atomic E-state index is 11.2. The number of rotatable bonds is 5. The van der Waals surface area contributed by atoms with Crippen molar-refractivity contribution in [2.24, 2.45) is 5.84 Å². The van der Waals surface area contributed by atoms with Gasteiger partial charge in [-0.05, 0) is 24.1 Å². The molecule has 7 N–H and O–H groups in total. The van der Waals surface area contributed by atoms with E-state index < -0.39 is 28.8 Å². The van der Waals surface area contributed by atoms with Gasteiger partial charge in [-0.1, -0.05) is 6.92 Å². The molecule has 18 heavy (non-hydrogen) atoms. The summed E-state index contributed by atoms with van der Waals surface area (Å²) in [5.41, 5.74) is 1.19. The molecule has 100 valence electrons. The van der Waals surface area contributed by atoms with Crippen LogP contribution in [0.1, 0.15) is 18.9 Å². The molecule has 1 aromatic rings. The maximum atomic E-state index is 11.2. The van der Waals surface area contributed by atoms with Crippen LogP contribution in [0.3, 0.4) is 0 Å². The van der Waals surface area contributed by atoms with E-state index in [4.69, 9.17) is 10.9 Å². The van der Waals surface area contributed by atoms with E-state index in [9.17, 15) is 20.1 Å². The summed E-state index contributed by atoms with van der Waals surface area (Å²) in [7, 11) is 0. The zero-order chi connectivity index (χ0) is 13.9. The van der Waals surface area contributed by atoms with E-state index in [1.165, 1.54) is 12.1 Å². The first-order valence-electron chi connectivity index (χ1n) is 5.31. The number of carbonyl (C=O) groups is 1. The van der Waals surface area contributed by atoms with Gasteiger partial charge in [0.25, 0.3) is 0 Å². The SMILES string of the molecule is CCC(Cc1cc(O)c(O)c(O)c1)(NN)C(=O)O. The fourth-order valence-electron chi connectivity index (χ4n) is 1.68. The van der Waals surface area contributed by atoms with Gasteiger partial charge in [0.1, 0.15) is 5.54 Å². The van der Waals surface area contributed by atoms with Crippen LogP contribution in [0.15, 0.2) is 12.1 Å². The summed E-state index contributed by atoms with van der Waals surface area (Å²) in [6.45, 7) is 1.65. The lowest BCUT2D eigenvalue weighted by Gasteiger charge is -2.27. The number of benzene rings is 1. The van der Waals surface area contributed by atoms with E-state index in [2.05, 4.69) is 5.43 Å². The second-order valence-electron chi connectivity index (χ2n) is 4.04. The number of carboxylic acid groups (broad SMARTS) is 1. The number of nitrogens with two attached hydrogens (primary N) is 1. The zero-order valence-electron chi connectivity index (χ0n) is 9.84. The minimum Gasteiger partial charge on any atom is -0.504 e. The van der Waals surface area contributed by atoms with E-state index >= 15 is 0 Å². The Labute approximate surface area is 103 Å². The van der Waals surface area contributed by atoms with Crippen molar-refractivity contribution in [2.45, 2.75) is 25.3 Å². The highest BCUT2D eigenvalue weighted by molar-refractivity contribution is 5.79. The monoisotopic (exact) mass is 256 g/mol. The zero-order valence-corrected chi connectivity index (χ0v) is 9.84. The number of hydrogen-bond acceptors (Lipinski definition) is 6. The molecule has 0 saturated carbocycles. The predicted octanol–water partition coefficient (Wildman–Crippen LogP) is 0.0426. The van der Waals surface area contributed by atoms with Crippen molar-refractivity contribution in [2.75, 3.05) is 0 Å². The minimum atomic E-state index is -1.39. The molecule has 7 nitrogen and oxygen atoms in total. The van der Waals surface area contributed by atoms with Gasteiger partial charge in [-0.15, -0.1) is 0 Å². The molecule has 0 aliphatic rings. The van der Waals surface area contributed by atoms with Crippen molar-refractivity contribution < 1.29 is 25.2 Å². The van der Waals surface area contributed by atoms with Gasteiger partial charge in [0.15, 0.2) is 17.2 Å². The van der Waals surface area contributed by atoms with Crippen LogP contribution in [0.5, 0.6) is 17.2 Å². The summed E-state index contributed by atoms with van der Waals surface area (Å²) in [5.74, 6) is 2.45. The number of hydrazine groups is 1. The van der Waals surface area contributed by atoms with E-state index in [0.29, 0.717) is 5.56 Å². The highest BCUT2D eigenvalue weighted by Gasteiger charge is 2.36. The van der Waals surface area contributed by atoms with Crippen molar-refractivity contribution in [3.8, 4) is 17.2 Å². The Morgan fingerprint density at radius 3 is 2.17 bits per heavy atom. The van der Waals surface area contributed by atoms with E-state index in [-0.39, 0.29) is 12.8 Å². The summed E-state index contributed by atoms with van der Waals surface area (Å²) in [6, 6.07) is 2.36. The molecular weight excluding hydrogens is 240 g/mol. The summed E-state index contributed by atoms with van der Waals surface area (Å²) in [4.78, 5) is 11.2. The molecule has 7 heteroatoms. The van der Waals surface area contributed by atoms with Gasteiger partial charge in [0.2, 0.25) is 0 Å². The molecule has 0 heterocycles. The third-order valence-electron chi connectivity index (χ3n) is 2.92. The van der Waals surface area contributed by atoms with Crippen molar-refractivity contribution in [1.82, 2.24) is 5.43 Å². The van der Waals surface area contributed by atoms with Crippen LogP contribution in [-0.4, -0.2) is 31.9 Å². The molecule has 0 saturated heterocycles. The number of carboxylic acids is 1. The van der Waals surface area contributed by atoms with Gasteiger partial charge in [-0.25, -0.2) is 5.43 Å². The number of aliphatic carboxylic acids is 1. The summed E-state index contributed by atoms with van der Waals surface area (Å²) in [5, 5.41) is 37.1. The fourth-order valence-corrected chi connectivity index (χ4v) is 1.68. The number of phenolic OH excluding ortho intramolecular Hbond substituents is 3. The molecule has 0 aliphatic heterocycles. The number of hydrogen-bond donors (Lipinski definition) is 6. The third kappa shape index (κ3) is 2.47. The summed E-state index contributed by atoms with van der Waals surface area (Å²) >= 11 is 0. The lowest BCUT2D eigenvalue weighted by Crippen LogP contribution is -2.56. The van der Waals surface area contributed by atoms with Gasteiger partial charge >= 0.3 is 5.97 Å². The molecular formula is C11H16N2O5. The topological polar surface area (TPSA) is 136 Å². The van der Waals surface area contributed by atoms with Gasteiger partial charge in [-0.2, -0.15) is 0 Å². The first-order valence-corrected chi connectivity index (χ1v) is 5.31. The van der Waals surface area contributed by atoms with Crippen LogP contribution in [0.25, 0.3) is 0 Å². The molecule has 1 rings (SSSR count). The number of phenols is 3. The first kappa shape index (κ1) is 14.1. The fraction of sp³-hybridized carbons (Fsp3) is 0.364. The highest BCUT2D eigenvalue weighted by atomic mass is 16.4. The average molecular weight is 256 g/mol. The standard InChI is InChI=1S/C11H16N2O5/c1-2-11(13-12,10(17)18)5-6-3-7(14)9(16)8(15)4-6/h3-4,13-16H,2,5,12H2,1H3,(H,17,18). The normalized spacial score (nSPS) is 14.1. The van der Waals surface area contributed by atoms with E-state index in [0.717, 1.165) is 0 Å². The molecule has 0 bridgehead atoms. The van der Waals surface area contributed by atoms with Crippen molar-refractivity contribution >= 4 is 5.97 Å². The molecule has 1 atom stereocenters. The molecule has 0 fully saturated rings.